The summed E-state index contributed by atoms with van der Waals surface area (Å²) in [5.74, 6) is -1.07. The van der Waals surface area contributed by atoms with Crippen molar-refractivity contribution in [1.82, 2.24) is 5.32 Å². The van der Waals surface area contributed by atoms with Crippen molar-refractivity contribution < 1.29 is 19.1 Å². The molecule has 2 amide bonds. The van der Waals surface area contributed by atoms with Crippen LogP contribution in [0.25, 0.3) is 0 Å². The van der Waals surface area contributed by atoms with Crippen molar-refractivity contribution in [2.45, 2.75) is 18.9 Å². The molecule has 148 valence electrons. The highest BCUT2D eigenvalue weighted by atomic mass is 16.5. The molecule has 3 rings (SSSR count). The number of ether oxygens (including phenoxy) is 1. The minimum absolute atomic E-state index is 0.00484. The van der Waals surface area contributed by atoms with E-state index in [9.17, 15) is 14.4 Å². The van der Waals surface area contributed by atoms with Gasteiger partial charge in [0.2, 0.25) is 11.8 Å². The quantitative estimate of drug-likeness (QED) is 0.668. The minimum atomic E-state index is -0.681. The van der Waals surface area contributed by atoms with E-state index in [4.69, 9.17) is 10.00 Å². The van der Waals surface area contributed by atoms with Crippen LogP contribution in [0.5, 0.6) is 0 Å². The molecular formula is C21H20N4O4. The molecule has 2 aromatic rings. The number of nitriles is 1. The van der Waals surface area contributed by atoms with Gasteiger partial charge in [-0.3, -0.25) is 9.59 Å². The van der Waals surface area contributed by atoms with Gasteiger partial charge in [-0.25, -0.2) is 4.79 Å². The Hall–Kier alpha value is -3.86. The maximum Gasteiger partial charge on any atom is 0.337 e. The zero-order chi connectivity index (χ0) is 20.8. The second-order valence-electron chi connectivity index (χ2n) is 6.55. The topological polar surface area (TPSA) is 120 Å². The van der Waals surface area contributed by atoms with Gasteiger partial charge in [-0.15, -0.1) is 0 Å². The number of methoxy groups -OCH3 is 1. The second kappa shape index (κ2) is 8.89. The Labute approximate surface area is 167 Å². The van der Waals surface area contributed by atoms with Crippen molar-refractivity contribution in [2.75, 3.05) is 24.3 Å². The summed E-state index contributed by atoms with van der Waals surface area (Å²) in [6.07, 6.45) is 0.930. The van der Waals surface area contributed by atoms with E-state index in [0.717, 1.165) is 5.56 Å². The normalized spacial score (nSPS) is 15.2. The Bertz CT molecular complexity index is 979. The molecule has 0 aliphatic carbocycles. The highest BCUT2D eigenvalue weighted by Crippen LogP contribution is 2.24. The molecule has 8 nitrogen and oxygen atoms in total. The molecule has 0 fully saturated rings. The molecule has 8 heteroatoms. The van der Waals surface area contributed by atoms with Crippen molar-refractivity contribution in [2.24, 2.45) is 0 Å². The molecule has 1 unspecified atom stereocenters. The van der Waals surface area contributed by atoms with Gasteiger partial charge in [0, 0.05) is 11.4 Å². The molecule has 29 heavy (non-hydrogen) atoms. The standard InChI is InChI=1S/C21H20N4O4/c1-29-21(28)15-5-8-17-14(10-15)4-9-18(20(27)25-17)24-19(26)12-23-16-6-2-13(11-22)3-7-16/h2-3,5-8,10,18,23H,4,9,12H2,1H3,(H,24,26)(H,25,27). The van der Waals surface area contributed by atoms with Gasteiger partial charge in [0.1, 0.15) is 6.04 Å². The van der Waals surface area contributed by atoms with Crippen LogP contribution in [-0.2, 0) is 20.7 Å². The first-order chi connectivity index (χ1) is 14.0. The maximum absolute atomic E-state index is 12.5. The molecule has 0 aromatic heterocycles. The predicted molar refractivity (Wildman–Crippen MR) is 106 cm³/mol. The van der Waals surface area contributed by atoms with Crippen LogP contribution in [-0.4, -0.2) is 37.5 Å². The Kier molecular flexibility index (Phi) is 6.09. The van der Waals surface area contributed by atoms with Crippen LogP contribution in [0.3, 0.4) is 0 Å². The van der Waals surface area contributed by atoms with Crippen molar-refractivity contribution in [3.8, 4) is 6.07 Å². The van der Waals surface area contributed by atoms with Crippen LogP contribution in [0.1, 0.15) is 27.9 Å². The number of nitrogens with zero attached hydrogens (tertiary/aromatic N) is 1. The van der Waals surface area contributed by atoms with Crippen molar-refractivity contribution in [1.29, 1.82) is 5.26 Å². The van der Waals surface area contributed by atoms with Crippen molar-refractivity contribution >= 4 is 29.2 Å². The van der Waals surface area contributed by atoms with Gasteiger partial charge < -0.3 is 20.7 Å². The molecular weight excluding hydrogens is 372 g/mol. The van der Waals surface area contributed by atoms with Gasteiger partial charge in [-0.2, -0.15) is 5.26 Å². The smallest absolute Gasteiger partial charge is 0.337 e. The average molecular weight is 392 g/mol. The lowest BCUT2D eigenvalue weighted by molar-refractivity contribution is -0.125. The third kappa shape index (κ3) is 4.90. The van der Waals surface area contributed by atoms with Crippen LogP contribution < -0.4 is 16.0 Å². The second-order valence-corrected chi connectivity index (χ2v) is 6.55. The zero-order valence-corrected chi connectivity index (χ0v) is 15.8. The van der Waals surface area contributed by atoms with Crippen molar-refractivity contribution in [3.05, 3.63) is 59.2 Å². The lowest BCUT2D eigenvalue weighted by Gasteiger charge is -2.16. The average Bonchev–Trinajstić information content (AvgIpc) is 2.90. The summed E-state index contributed by atoms with van der Waals surface area (Å²) in [4.78, 5) is 36.4. The summed E-state index contributed by atoms with van der Waals surface area (Å²) in [6.45, 7) is -0.00484. The number of fused-ring (bicyclic) bond motifs is 1. The monoisotopic (exact) mass is 392 g/mol. The molecule has 1 aliphatic heterocycles. The lowest BCUT2D eigenvalue weighted by Crippen LogP contribution is -2.45. The molecule has 2 aromatic carbocycles. The molecule has 1 atom stereocenters. The van der Waals surface area contributed by atoms with Gasteiger partial charge in [0.05, 0.1) is 30.9 Å². The SMILES string of the molecule is COC(=O)c1ccc2c(c1)CCC(NC(=O)CNc1ccc(C#N)cc1)C(=O)N2. The van der Waals surface area contributed by atoms with E-state index in [-0.39, 0.29) is 18.4 Å². The van der Waals surface area contributed by atoms with Crippen LogP contribution in [0.4, 0.5) is 11.4 Å². The number of benzene rings is 2. The number of rotatable bonds is 5. The van der Waals surface area contributed by atoms with Crippen LogP contribution >= 0.6 is 0 Å². The first-order valence-electron chi connectivity index (χ1n) is 9.05. The van der Waals surface area contributed by atoms with E-state index < -0.39 is 12.0 Å². The van der Waals surface area contributed by atoms with E-state index in [1.54, 1.807) is 42.5 Å². The molecule has 1 heterocycles. The first-order valence-corrected chi connectivity index (χ1v) is 9.05. The summed E-state index contributed by atoms with van der Waals surface area (Å²) >= 11 is 0. The maximum atomic E-state index is 12.5. The van der Waals surface area contributed by atoms with Crippen LogP contribution in [0, 0.1) is 11.3 Å². The highest BCUT2D eigenvalue weighted by Gasteiger charge is 2.25. The fourth-order valence-electron chi connectivity index (χ4n) is 3.05. The molecule has 1 aliphatic rings. The molecule has 0 spiro atoms. The van der Waals surface area contributed by atoms with Gasteiger partial charge in [0.25, 0.3) is 0 Å². The number of anilines is 2. The summed E-state index contributed by atoms with van der Waals surface area (Å²) < 4.78 is 4.72. The lowest BCUT2D eigenvalue weighted by atomic mass is 10.0. The van der Waals surface area contributed by atoms with E-state index in [2.05, 4.69) is 16.0 Å². The Morgan fingerprint density at radius 1 is 1.24 bits per heavy atom. The number of carbonyl (C=O) groups excluding carboxylic acids is 3. The number of aryl methyl sites for hydroxylation is 1. The number of hydrogen-bond acceptors (Lipinski definition) is 6. The first kappa shape index (κ1) is 19.9. The molecule has 3 N–H and O–H groups in total. The number of esters is 1. The van der Waals surface area contributed by atoms with E-state index >= 15 is 0 Å². The van der Waals surface area contributed by atoms with E-state index in [1.807, 2.05) is 6.07 Å². The Morgan fingerprint density at radius 2 is 2.00 bits per heavy atom. The van der Waals surface area contributed by atoms with Gasteiger partial charge in [-0.05, 0) is 60.9 Å². The third-order valence-electron chi connectivity index (χ3n) is 4.61. The van der Waals surface area contributed by atoms with E-state index in [1.165, 1.54) is 7.11 Å². The molecule has 0 saturated heterocycles. The van der Waals surface area contributed by atoms with Gasteiger partial charge in [-0.1, -0.05) is 0 Å². The summed E-state index contributed by atoms with van der Waals surface area (Å²) in [5.41, 5.74) is 3.08. The predicted octanol–water partition coefficient (Wildman–Crippen LogP) is 1.83. The molecule has 0 saturated carbocycles. The highest BCUT2D eigenvalue weighted by molar-refractivity contribution is 5.99. The van der Waals surface area contributed by atoms with Crippen LogP contribution in [0.2, 0.25) is 0 Å². The van der Waals surface area contributed by atoms with Gasteiger partial charge in [0.15, 0.2) is 0 Å². The Balaban J connectivity index is 1.58. The number of amides is 2. The Morgan fingerprint density at radius 3 is 2.69 bits per heavy atom. The summed E-state index contributed by atoms with van der Waals surface area (Å²) in [7, 11) is 1.31. The third-order valence-corrected chi connectivity index (χ3v) is 4.61. The number of nitrogens with one attached hydrogen (secondary N) is 3. The zero-order valence-electron chi connectivity index (χ0n) is 15.8. The summed E-state index contributed by atoms with van der Waals surface area (Å²) in [6, 6.07) is 13.0. The number of carbonyl (C=O) groups is 3. The van der Waals surface area contributed by atoms with E-state index in [0.29, 0.717) is 35.3 Å². The fraction of sp³-hybridized carbons (Fsp3) is 0.238. The minimum Gasteiger partial charge on any atom is -0.465 e. The summed E-state index contributed by atoms with van der Waals surface area (Å²) in [5, 5.41) is 17.3. The van der Waals surface area contributed by atoms with Crippen LogP contribution in [0.15, 0.2) is 42.5 Å². The molecule has 0 radical (unpaired) electrons. The van der Waals surface area contributed by atoms with Gasteiger partial charge >= 0.3 is 5.97 Å². The number of hydrogen-bond donors (Lipinski definition) is 3. The fourth-order valence-corrected chi connectivity index (χ4v) is 3.05. The van der Waals surface area contributed by atoms with Crippen molar-refractivity contribution in [3.63, 3.8) is 0 Å². The molecule has 0 bridgehead atoms. The largest absolute Gasteiger partial charge is 0.465 e.